The fourth-order valence-electron chi connectivity index (χ4n) is 4.15. The van der Waals surface area contributed by atoms with Gasteiger partial charge in [0.25, 0.3) is 5.56 Å². The van der Waals surface area contributed by atoms with Crippen molar-refractivity contribution in [2.45, 2.75) is 39.8 Å². The highest BCUT2D eigenvalue weighted by Gasteiger charge is 2.35. The minimum atomic E-state index is -0.764. The van der Waals surface area contributed by atoms with Crippen molar-refractivity contribution in [3.63, 3.8) is 0 Å². The Hall–Kier alpha value is -4.09. The largest absolute Gasteiger partial charge is 0.491 e. The van der Waals surface area contributed by atoms with Gasteiger partial charge in [0.2, 0.25) is 0 Å². The van der Waals surface area contributed by atoms with Crippen LogP contribution in [0.2, 0.25) is 0 Å². The van der Waals surface area contributed by atoms with Crippen molar-refractivity contribution in [2.75, 3.05) is 13.2 Å². The lowest BCUT2D eigenvalue weighted by atomic mass is 9.95. The van der Waals surface area contributed by atoms with Crippen molar-refractivity contribution in [1.29, 1.82) is 0 Å². The van der Waals surface area contributed by atoms with Crippen molar-refractivity contribution >= 4 is 23.4 Å². The van der Waals surface area contributed by atoms with Gasteiger partial charge < -0.3 is 14.2 Å². The highest BCUT2D eigenvalue weighted by atomic mass is 32.1. The Morgan fingerprint density at radius 3 is 2.59 bits per heavy atom. The zero-order chi connectivity index (χ0) is 26.5. The van der Waals surface area contributed by atoms with Crippen molar-refractivity contribution < 1.29 is 19.0 Å². The van der Waals surface area contributed by atoms with Crippen LogP contribution in [0.3, 0.4) is 0 Å². The van der Waals surface area contributed by atoms with Gasteiger partial charge in [-0.15, -0.1) is 6.42 Å². The average molecular weight is 517 g/mol. The number of benzene rings is 2. The molecule has 1 aliphatic rings. The third-order valence-electron chi connectivity index (χ3n) is 5.61. The van der Waals surface area contributed by atoms with Crippen molar-refractivity contribution in [3.8, 4) is 23.8 Å². The lowest BCUT2D eigenvalue weighted by molar-refractivity contribution is -0.139. The average Bonchev–Trinajstić information content (AvgIpc) is 3.17. The molecule has 4 rings (SSSR count). The minimum absolute atomic E-state index is 0.104. The molecule has 1 aliphatic heterocycles. The number of rotatable bonds is 8. The molecule has 2 aromatic carbocycles. The maximum Gasteiger partial charge on any atom is 0.338 e. The number of hydrogen-bond acceptors (Lipinski definition) is 7. The van der Waals surface area contributed by atoms with Crippen molar-refractivity contribution in [1.82, 2.24) is 4.57 Å². The molecule has 0 aliphatic carbocycles. The fourth-order valence-corrected chi connectivity index (χ4v) is 5.18. The molecule has 0 saturated carbocycles. The molecule has 0 spiro atoms. The van der Waals surface area contributed by atoms with Crippen LogP contribution >= 0.6 is 11.3 Å². The number of thiazole rings is 1. The highest BCUT2D eigenvalue weighted by molar-refractivity contribution is 7.07. The monoisotopic (exact) mass is 516 g/mol. The molecule has 1 aromatic heterocycles. The number of aromatic nitrogens is 1. The van der Waals surface area contributed by atoms with E-state index in [9.17, 15) is 9.59 Å². The number of hydrogen-bond donors (Lipinski definition) is 0. The first-order chi connectivity index (χ1) is 17.8. The van der Waals surface area contributed by atoms with Crippen LogP contribution in [0.1, 0.15) is 44.9 Å². The van der Waals surface area contributed by atoms with E-state index in [1.807, 2.05) is 56.3 Å². The number of terminal acetylenes is 1. The number of ether oxygens (including phenoxy) is 3. The quantitative estimate of drug-likeness (QED) is 0.338. The van der Waals surface area contributed by atoms with E-state index in [0.717, 1.165) is 0 Å². The first-order valence-corrected chi connectivity index (χ1v) is 12.8. The molecule has 0 radical (unpaired) electrons. The van der Waals surface area contributed by atoms with E-state index in [-0.39, 0.29) is 24.9 Å². The van der Waals surface area contributed by atoms with Gasteiger partial charge in [0.05, 0.1) is 28.5 Å². The number of fused-ring (bicyclic) bond motifs is 1. The normalized spacial score (nSPS) is 15.1. The molecule has 1 unspecified atom stereocenters. The summed E-state index contributed by atoms with van der Waals surface area (Å²) in [5.41, 5.74) is 1.91. The maximum absolute atomic E-state index is 13.9. The maximum atomic E-state index is 13.9. The van der Waals surface area contributed by atoms with Gasteiger partial charge in [-0.25, -0.2) is 9.79 Å². The van der Waals surface area contributed by atoms with Crippen LogP contribution in [0.15, 0.2) is 69.6 Å². The van der Waals surface area contributed by atoms with E-state index in [4.69, 9.17) is 20.6 Å². The molecular formula is C29H28N2O5S. The van der Waals surface area contributed by atoms with Gasteiger partial charge in [0.1, 0.15) is 24.1 Å². The van der Waals surface area contributed by atoms with Gasteiger partial charge in [-0.1, -0.05) is 53.7 Å². The predicted octanol–water partition coefficient (Wildman–Crippen LogP) is 3.60. The minimum Gasteiger partial charge on any atom is -0.491 e. The Balaban J connectivity index is 1.96. The molecule has 190 valence electrons. The zero-order valence-electron chi connectivity index (χ0n) is 21.2. The van der Waals surface area contributed by atoms with Gasteiger partial charge in [-0.3, -0.25) is 9.36 Å². The lowest BCUT2D eigenvalue weighted by Gasteiger charge is -2.26. The van der Waals surface area contributed by atoms with E-state index in [0.29, 0.717) is 43.2 Å². The molecule has 0 fully saturated rings. The molecule has 0 bridgehead atoms. The number of nitrogens with zero attached hydrogens (tertiary/aromatic N) is 2. The summed E-state index contributed by atoms with van der Waals surface area (Å²) in [6.07, 6.45) is 7.01. The summed E-state index contributed by atoms with van der Waals surface area (Å²) < 4.78 is 19.1. The van der Waals surface area contributed by atoms with Gasteiger partial charge in [-0.05, 0) is 45.9 Å². The fraction of sp³-hybridized carbons (Fsp3) is 0.276. The summed E-state index contributed by atoms with van der Waals surface area (Å²) >= 11 is 1.24. The summed E-state index contributed by atoms with van der Waals surface area (Å²) in [5.74, 6) is 3.09. The lowest BCUT2D eigenvalue weighted by Crippen LogP contribution is -2.40. The second-order valence-electron chi connectivity index (χ2n) is 8.54. The first-order valence-electron chi connectivity index (χ1n) is 12.0. The summed E-state index contributed by atoms with van der Waals surface area (Å²) in [6.45, 7) is 7.66. The Bertz CT molecular complexity index is 1570. The van der Waals surface area contributed by atoms with E-state index in [2.05, 4.69) is 10.9 Å². The summed E-state index contributed by atoms with van der Waals surface area (Å²) in [7, 11) is 0. The van der Waals surface area contributed by atoms with Gasteiger partial charge >= 0.3 is 5.97 Å². The van der Waals surface area contributed by atoms with E-state index >= 15 is 0 Å². The molecule has 37 heavy (non-hydrogen) atoms. The van der Waals surface area contributed by atoms with Crippen LogP contribution in [0, 0.1) is 12.3 Å². The van der Waals surface area contributed by atoms with Crippen LogP contribution in [-0.2, 0) is 9.53 Å². The molecule has 2 heterocycles. The summed E-state index contributed by atoms with van der Waals surface area (Å²) in [6, 6.07) is 14.0. The van der Waals surface area contributed by atoms with Gasteiger partial charge in [0, 0.05) is 11.1 Å². The number of esters is 1. The van der Waals surface area contributed by atoms with Crippen LogP contribution in [0.4, 0.5) is 0 Å². The summed E-state index contributed by atoms with van der Waals surface area (Å²) in [4.78, 5) is 32.2. The molecule has 0 N–H and O–H groups in total. The SMILES string of the molecule is C#CCOc1ccccc1/C=c1\sc2n(c1=O)C(c1ccccc1OC(C)C)C(C(=O)OCC)=C(C)N=2. The van der Waals surface area contributed by atoms with Crippen LogP contribution < -0.4 is 24.4 Å². The second kappa shape index (κ2) is 11.3. The number of para-hydroxylation sites is 2. The molecule has 1 atom stereocenters. The van der Waals surface area contributed by atoms with Crippen LogP contribution in [0.25, 0.3) is 6.08 Å². The van der Waals surface area contributed by atoms with Crippen molar-refractivity contribution in [2.24, 2.45) is 4.99 Å². The van der Waals surface area contributed by atoms with E-state index in [1.165, 1.54) is 11.3 Å². The van der Waals surface area contributed by atoms with E-state index in [1.54, 1.807) is 30.6 Å². The topological polar surface area (TPSA) is 79.1 Å². The second-order valence-corrected chi connectivity index (χ2v) is 9.55. The smallest absolute Gasteiger partial charge is 0.338 e. The van der Waals surface area contributed by atoms with Gasteiger partial charge in [0.15, 0.2) is 4.80 Å². The molecule has 0 amide bonds. The first kappa shape index (κ1) is 26.0. The van der Waals surface area contributed by atoms with Crippen LogP contribution in [-0.4, -0.2) is 29.9 Å². The van der Waals surface area contributed by atoms with E-state index < -0.39 is 12.0 Å². The standard InChI is InChI=1S/C29H28N2O5S/c1-6-16-35-22-14-10-8-12-20(22)17-24-27(32)31-26(21-13-9-11-15-23(21)36-18(3)4)25(28(33)34-7-2)19(5)30-29(31)37-24/h1,8-15,17-18,26H,7,16H2,2-5H3/b24-17-. The Kier molecular flexibility index (Phi) is 7.95. The molecule has 8 heteroatoms. The third kappa shape index (κ3) is 5.37. The molecular weight excluding hydrogens is 488 g/mol. The zero-order valence-corrected chi connectivity index (χ0v) is 22.0. The van der Waals surface area contributed by atoms with Crippen LogP contribution in [0.5, 0.6) is 11.5 Å². The predicted molar refractivity (Wildman–Crippen MR) is 143 cm³/mol. The molecule has 7 nitrogen and oxygen atoms in total. The molecule has 3 aromatic rings. The Labute approximate surface area is 219 Å². The molecule has 0 saturated heterocycles. The Morgan fingerprint density at radius 1 is 1.19 bits per heavy atom. The third-order valence-corrected chi connectivity index (χ3v) is 6.59. The summed E-state index contributed by atoms with van der Waals surface area (Å²) in [5, 5.41) is 0. The van der Waals surface area contributed by atoms with Crippen molar-refractivity contribution in [3.05, 3.63) is 90.6 Å². The van der Waals surface area contributed by atoms with Gasteiger partial charge in [-0.2, -0.15) is 0 Å². The highest BCUT2D eigenvalue weighted by Crippen LogP contribution is 2.36. The number of carbonyl (C=O) groups is 1. The number of allylic oxidation sites excluding steroid dienone is 1. The number of carbonyl (C=O) groups excluding carboxylic acids is 1. The Morgan fingerprint density at radius 2 is 1.89 bits per heavy atom.